The van der Waals surface area contributed by atoms with Crippen LogP contribution in [0.25, 0.3) is 0 Å². The molecule has 106 valence electrons. The Hall–Kier alpha value is -0.0800. The van der Waals surface area contributed by atoms with E-state index >= 15 is 0 Å². The molecule has 2 heteroatoms. The van der Waals surface area contributed by atoms with Gasteiger partial charge in [0.1, 0.15) is 0 Å². The van der Waals surface area contributed by atoms with E-state index in [4.69, 9.17) is 10.5 Å². The van der Waals surface area contributed by atoms with Crippen molar-refractivity contribution >= 4 is 0 Å². The van der Waals surface area contributed by atoms with Crippen molar-refractivity contribution in [2.24, 2.45) is 17.1 Å². The van der Waals surface area contributed by atoms with E-state index in [1.54, 1.807) is 0 Å². The first-order chi connectivity index (χ1) is 8.45. The Labute approximate surface area is 113 Å². The molecule has 0 saturated heterocycles. The van der Waals surface area contributed by atoms with Gasteiger partial charge in [0.15, 0.2) is 0 Å². The summed E-state index contributed by atoms with van der Waals surface area (Å²) in [6.45, 7) is 7.81. The summed E-state index contributed by atoms with van der Waals surface area (Å²) in [5.74, 6) is 0.780. The number of ether oxygens (including phenoxy) is 1. The van der Waals surface area contributed by atoms with Gasteiger partial charge in [-0.15, -0.1) is 0 Å². The first kappa shape index (κ1) is 14.3. The summed E-state index contributed by atoms with van der Waals surface area (Å²) in [7, 11) is 0. The first-order valence-corrected chi connectivity index (χ1v) is 7.83. The van der Waals surface area contributed by atoms with Gasteiger partial charge in [-0.2, -0.15) is 0 Å². The van der Waals surface area contributed by atoms with Crippen molar-refractivity contribution in [3.05, 3.63) is 0 Å². The lowest BCUT2D eigenvalue weighted by Gasteiger charge is -2.44. The smallest absolute Gasteiger partial charge is 0.0810 e. The molecule has 2 unspecified atom stereocenters. The molecule has 0 heterocycles. The summed E-state index contributed by atoms with van der Waals surface area (Å²) in [5, 5.41) is 0. The highest BCUT2D eigenvalue weighted by Gasteiger charge is 2.38. The highest BCUT2D eigenvalue weighted by molar-refractivity contribution is 4.90. The first-order valence-electron chi connectivity index (χ1n) is 7.83. The van der Waals surface area contributed by atoms with Crippen LogP contribution in [-0.2, 0) is 4.74 Å². The SMILES string of the molecule is CC1CCCC(CN)(OC2CCC(C)(C)CC2)C1. The van der Waals surface area contributed by atoms with Gasteiger partial charge in [0.05, 0.1) is 11.7 Å². The van der Waals surface area contributed by atoms with E-state index in [0.29, 0.717) is 18.1 Å². The maximum Gasteiger partial charge on any atom is 0.0810 e. The van der Waals surface area contributed by atoms with Crippen molar-refractivity contribution < 1.29 is 4.74 Å². The van der Waals surface area contributed by atoms with Crippen molar-refractivity contribution in [1.29, 1.82) is 0 Å². The molecule has 18 heavy (non-hydrogen) atoms. The Bertz CT molecular complexity index is 266. The largest absolute Gasteiger partial charge is 0.370 e. The molecule has 0 radical (unpaired) electrons. The van der Waals surface area contributed by atoms with Crippen molar-refractivity contribution in [1.82, 2.24) is 0 Å². The highest BCUT2D eigenvalue weighted by Crippen LogP contribution is 2.41. The van der Waals surface area contributed by atoms with Crippen molar-refractivity contribution in [3.63, 3.8) is 0 Å². The molecule has 2 fully saturated rings. The molecule has 2 rings (SSSR count). The fraction of sp³-hybridized carbons (Fsp3) is 1.00. The Morgan fingerprint density at radius 3 is 2.33 bits per heavy atom. The third kappa shape index (κ3) is 3.48. The molecule has 0 aromatic heterocycles. The minimum absolute atomic E-state index is 0.00379. The van der Waals surface area contributed by atoms with E-state index in [0.717, 1.165) is 5.92 Å². The van der Waals surface area contributed by atoms with Gasteiger partial charge >= 0.3 is 0 Å². The Balaban J connectivity index is 1.90. The number of hydrogen-bond acceptors (Lipinski definition) is 2. The Kier molecular flexibility index (Phi) is 4.38. The molecule has 0 aromatic carbocycles. The van der Waals surface area contributed by atoms with Gasteiger partial charge in [-0.1, -0.05) is 33.6 Å². The van der Waals surface area contributed by atoms with E-state index in [-0.39, 0.29) is 5.60 Å². The van der Waals surface area contributed by atoms with Gasteiger partial charge in [-0.05, 0) is 49.9 Å². The minimum atomic E-state index is 0.00379. The summed E-state index contributed by atoms with van der Waals surface area (Å²) in [5.41, 5.74) is 6.57. The zero-order valence-electron chi connectivity index (χ0n) is 12.5. The molecule has 2 aliphatic carbocycles. The number of rotatable bonds is 3. The predicted octanol–water partition coefficient (Wildman–Crippen LogP) is 3.88. The molecule has 2 nitrogen and oxygen atoms in total. The van der Waals surface area contributed by atoms with Crippen LogP contribution in [0.3, 0.4) is 0 Å². The average Bonchev–Trinajstić information content (AvgIpc) is 2.32. The third-order valence-corrected chi connectivity index (χ3v) is 5.12. The molecule has 2 atom stereocenters. The van der Waals surface area contributed by atoms with Gasteiger partial charge in [0.2, 0.25) is 0 Å². The van der Waals surface area contributed by atoms with Crippen LogP contribution in [0, 0.1) is 11.3 Å². The van der Waals surface area contributed by atoms with Crippen LogP contribution in [0.15, 0.2) is 0 Å². The third-order valence-electron chi connectivity index (χ3n) is 5.12. The molecule has 2 aliphatic rings. The zero-order valence-corrected chi connectivity index (χ0v) is 12.5. The summed E-state index contributed by atoms with van der Waals surface area (Å²) in [4.78, 5) is 0. The Morgan fingerprint density at radius 1 is 1.11 bits per heavy atom. The van der Waals surface area contributed by atoms with E-state index in [2.05, 4.69) is 20.8 Å². The van der Waals surface area contributed by atoms with Gasteiger partial charge < -0.3 is 10.5 Å². The van der Waals surface area contributed by atoms with Gasteiger partial charge in [-0.3, -0.25) is 0 Å². The molecule has 2 saturated carbocycles. The topological polar surface area (TPSA) is 35.2 Å². The monoisotopic (exact) mass is 253 g/mol. The summed E-state index contributed by atoms with van der Waals surface area (Å²) in [6, 6.07) is 0. The summed E-state index contributed by atoms with van der Waals surface area (Å²) >= 11 is 0. The number of nitrogens with two attached hydrogens (primary N) is 1. The maximum absolute atomic E-state index is 6.51. The molecule has 0 amide bonds. The molecule has 0 aliphatic heterocycles. The molecular formula is C16H31NO. The second-order valence-corrected chi connectivity index (χ2v) is 7.57. The lowest BCUT2D eigenvalue weighted by molar-refractivity contribution is -0.132. The highest BCUT2D eigenvalue weighted by atomic mass is 16.5. The van der Waals surface area contributed by atoms with Crippen LogP contribution in [0.1, 0.15) is 72.1 Å². The second-order valence-electron chi connectivity index (χ2n) is 7.57. The van der Waals surface area contributed by atoms with Crippen LogP contribution < -0.4 is 5.73 Å². The van der Waals surface area contributed by atoms with Crippen LogP contribution in [0.5, 0.6) is 0 Å². The Morgan fingerprint density at radius 2 is 1.78 bits per heavy atom. The fourth-order valence-corrected chi connectivity index (χ4v) is 3.80. The molecule has 0 spiro atoms. The predicted molar refractivity (Wildman–Crippen MR) is 76.5 cm³/mol. The summed E-state index contributed by atoms with van der Waals surface area (Å²) < 4.78 is 6.51. The molecule has 2 N–H and O–H groups in total. The van der Waals surface area contributed by atoms with Crippen LogP contribution >= 0.6 is 0 Å². The van der Waals surface area contributed by atoms with E-state index in [9.17, 15) is 0 Å². The van der Waals surface area contributed by atoms with Crippen LogP contribution in [-0.4, -0.2) is 18.2 Å². The van der Waals surface area contributed by atoms with Crippen LogP contribution in [0.4, 0.5) is 0 Å². The van der Waals surface area contributed by atoms with Gasteiger partial charge in [0, 0.05) is 6.54 Å². The number of hydrogen-bond donors (Lipinski definition) is 1. The molecule has 0 aromatic rings. The quantitative estimate of drug-likeness (QED) is 0.828. The van der Waals surface area contributed by atoms with E-state index in [1.165, 1.54) is 51.4 Å². The fourth-order valence-electron chi connectivity index (χ4n) is 3.80. The second kappa shape index (κ2) is 5.50. The minimum Gasteiger partial charge on any atom is -0.370 e. The van der Waals surface area contributed by atoms with Gasteiger partial charge in [-0.25, -0.2) is 0 Å². The zero-order chi connectivity index (χ0) is 13.2. The lowest BCUT2D eigenvalue weighted by Crippen LogP contribution is -2.47. The van der Waals surface area contributed by atoms with E-state index in [1.807, 2.05) is 0 Å². The van der Waals surface area contributed by atoms with Gasteiger partial charge in [0.25, 0.3) is 0 Å². The normalized spacial score (nSPS) is 37.7. The molecule has 0 bridgehead atoms. The standard InChI is InChI=1S/C16H31NO/c1-13-5-4-8-16(11-13,12-17)18-14-6-9-15(2,3)10-7-14/h13-14H,4-12,17H2,1-3H3. The summed E-state index contributed by atoms with van der Waals surface area (Å²) in [6.07, 6.45) is 10.5. The lowest BCUT2D eigenvalue weighted by atomic mass is 9.75. The van der Waals surface area contributed by atoms with Crippen LogP contribution in [0.2, 0.25) is 0 Å². The maximum atomic E-state index is 6.51. The van der Waals surface area contributed by atoms with E-state index < -0.39 is 0 Å². The van der Waals surface area contributed by atoms with Crippen molar-refractivity contribution in [2.75, 3.05) is 6.54 Å². The average molecular weight is 253 g/mol. The van der Waals surface area contributed by atoms with Crippen molar-refractivity contribution in [2.45, 2.75) is 83.8 Å². The molecular weight excluding hydrogens is 222 g/mol. The van der Waals surface area contributed by atoms with Crippen molar-refractivity contribution in [3.8, 4) is 0 Å².